The number of hydrogen-bond acceptors (Lipinski definition) is 1. The first kappa shape index (κ1) is 19.0. The Balaban J connectivity index is 1.81. The summed E-state index contributed by atoms with van der Waals surface area (Å²) < 4.78 is 3.18. The van der Waals surface area contributed by atoms with Crippen LogP contribution in [0.4, 0.5) is 0 Å². The summed E-state index contributed by atoms with van der Waals surface area (Å²) in [4.78, 5) is 0. The first-order chi connectivity index (χ1) is 15.8. The van der Waals surface area contributed by atoms with Crippen LogP contribution < -0.4 is 0 Å². The van der Waals surface area contributed by atoms with Crippen molar-refractivity contribution in [1.29, 1.82) is 0 Å². The maximum atomic E-state index is 5.22. The summed E-state index contributed by atoms with van der Waals surface area (Å²) in [5, 5.41) is 7.62. The standard InChI is InChI=1S/C29H19BrN2/c30-24-17-15-22(16-18-24)28-27(21-11-5-2-6-12-21)29-25-14-8-7-13-23(25)19-26(32(29)31-28)20-9-3-1-4-10-20/h1-19H. The Hall–Kier alpha value is -3.69. The van der Waals surface area contributed by atoms with Crippen molar-refractivity contribution in [3.63, 3.8) is 0 Å². The summed E-state index contributed by atoms with van der Waals surface area (Å²) in [5.74, 6) is 0. The van der Waals surface area contributed by atoms with Gasteiger partial charge in [0.15, 0.2) is 0 Å². The van der Waals surface area contributed by atoms with Crippen LogP contribution >= 0.6 is 15.9 Å². The Morgan fingerprint density at radius 3 is 1.94 bits per heavy atom. The third-order valence-electron chi connectivity index (χ3n) is 5.87. The van der Waals surface area contributed by atoms with E-state index in [1.165, 1.54) is 10.8 Å². The van der Waals surface area contributed by atoms with Gasteiger partial charge in [-0.1, -0.05) is 113 Å². The van der Waals surface area contributed by atoms with Gasteiger partial charge in [-0.25, -0.2) is 4.52 Å². The zero-order valence-corrected chi connectivity index (χ0v) is 18.8. The van der Waals surface area contributed by atoms with Crippen LogP contribution in [0.15, 0.2) is 120 Å². The largest absolute Gasteiger partial charge is 0.231 e. The number of halogens is 1. The lowest BCUT2D eigenvalue weighted by molar-refractivity contribution is 0.979. The molecule has 0 spiro atoms. The Labute approximate surface area is 194 Å². The highest BCUT2D eigenvalue weighted by Crippen LogP contribution is 2.40. The molecule has 0 N–H and O–H groups in total. The number of pyridine rings is 1. The summed E-state index contributed by atoms with van der Waals surface area (Å²) in [7, 11) is 0. The quantitative estimate of drug-likeness (QED) is 0.252. The summed E-state index contributed by atoms with van der Waals surface area (Å²) in [5.41, 5.74) is 7.76. The van der Waals surface area contributed by atoms with E-state index >= 15 is 0 Å². The molecule has 0 radical (unpaired) electrons. The van der Waals surface area contributed by atoms with Crippen molar-refractivity contribution in [2.45, 2.75) is 0 Å². The molecule has 2 nitrogen and oxygen atoms in total. The van der Waals surface area contributed by atoms with Gasteiger partial charge in [-0.3, -0.25) is 0 Å². The van der Waals surface area contributed by atoms with Crippen LogP contribution in [-0.4, -0.2) is 9.61 Å². The Kier molecular flexibility index (Phi) is 4.62. The molecule has 0 aliphatic rings. The van der Waals surface area contributed by atoms with Gasteiger partial charge in [0, 0.05) is 26.5 Å². The summed E-state index contributed by atoms with van der Waals surface area (Å²) >= 11 is 3.57. The molecular formula is C29H19BrN2. The highest BCUT2D eigenvalue weighted by Gasteiger charge is 2.21. The van der Waals surface area contributed by atoms with E-state index in [4.69, 9.17) is 5.10 Å². The molecule has 0 atom stereocenters. The number of hydrogen-bond donors (Lipinski definition) is 0. The molecular weight excluding hydrogens is 456 g/mol. The van der Waals surface area contributed by atoms with Gasteiger partial charge in [0.1, 0.15) is 5.69 Å². The Bertz CT molecular complexity index is 1550. The number of nitrogens with zero attached hydrogens (tertiary/aromatic N) is 2. The van der Waals surface area contributed by atoms with E-state index in [9.17, 15) is 0 Å². The van der Waals surface area contributed by atoms with Crippen molar-refractivity contribution in [2.75, 3.05) is 0 Å². The van der Waals surface area contributed by atoms with Gasteiger partial charge in [-0.2, -0.15) is 5.10 Å². The van der Waals surface area contributed by atoms with E-state index < -0.39 is 0 Å². The molecule has 2 aromatic heterocycles. The fraction of sp³-hybridized carbons (Fsp3) is 0. The Morgan fingerprint density at radius 2 is 1.22 bits per heavy atom. The SMILES string of the molecule is Brc1ccc(-c2nn3c(-c4ccccc4)cc4ccccc4c3c2-c2ccccc2)cc1. The maximum Gasteiger partial charge on any atom is 0.101 e. The molecule has 0 saturated heterocycles. The Morgan fingerprint density at radius 1 is 0.594 bits per heavy atom. The van der Waals surface area contributed by atoms with Crippen molar-refractivity contribution in [2.24, 2.45) is 0 Å². The molecule has 0 amide bonds. The molecule has 0 fully saturated rings. The minimum absolute atomic E-state index is 0.984. The zero-order chi connectivity index (χ0) is 21.5. The molecule has 32 heavy (non-hydrogen) atoms. The third-order valence-corrected chi connectivity index (χ3v) is 6.40. The molecule has 2 heterocycles. The normalized spacial score (nSPS) is 11.3. The molecule has 6 rings (SSSR count). The molecule has 0 aliphatic carbocycles. The van der Waals surface area contributed by atoms with E-state index in [0.717, 1.165) is 43.6 Å². The van der Waals surface area contributed by atoms with E-state index in [-0.39, 0.29) is 0 Å². The average Bonchev–Trinajstić information content (AvgIpc) is 3.26. The second-order valence-corrected chi connectivity index (χ2v) is 8.76. The molecule has 0 aliphatic heterocycles. The maximum absolute atomic E-state index is 5.22. The summed E-state index contributed by atoms with van der Waals surface area (Å²) in [6, 6.07) is 40.3. The lowest BCUT2D eigenvalue weighted by Gasteiger charge is -2.10. The fourth-order valence-electron chi connectivity index (χ4n) is 4.39. The molecule has 3 heteroatoms. The van der Waals surface area contributed by atoms with Gasteiger partial charge in [0.2, 0.25) is 0 Å². The first-order valence-electron chi connectivity index (χ1n) is 10.6. The van der Waals surface area contributed by atoms with Gasteiger partial charge in [0.25, 0.3) is 0 Å². The van der Waals surface area contributed by atoms with Gasteiger partial charge in [-0.05, 0) is 29.1 Å². The second-order valence-electron chi connectivity index (χ2n) is 7.84. The highest BCUT2D eigenvalue weighted by molar-refractivity contribution is 9.10. The van der Waals surface area contributed by atoms with Crippen molar-refractivity contribution in [3.05, 3.63) is 120 Å². The molecule has 6 aromatic rings. The monoisotopic (exact) mass is 474 g/mol. The number of benzene rings is 4. The van der Waals surface area contributed by atoms with Crippen molar-refractivity contribution < 1.29 is 0 Å². The van der Waals surface area contributed by atoms with Gasteiger partial charge < -0.3 is 0 Å². The summed E-state index contributed by atoms with van der Waals surface area (Å²) in [6.45, 7) is 0. The second kappa shape index (κ2) is 7.77. The fourth-order valence-corrected chi connectivity index (χ4v) is 4.66. The van der Waals surface area contributed by atoms with E-state index in [1.54, 1.807) is 0 Å². The van der Waals surface area contributed by atoms with Crippen LogP contribution in [0.3, 0.4) is 0 Å². The smallest absolute Gasteiger partial charge is 0.101 e. The third kappa shape index (κ3) is 3.14. The van der Waals surface area contributed by atoms with Gasteiger partial charge in [-0.15, -0.1) is 0 Å². The average molecular weight is 475 g/mol. The minimum atomic E-state index is 0.984. The lowest BCUT2D eigenvalue weighted by Crippen LogP contribution is -1.95. The highest BCUT2D eigenvalue weighted by atomic mass is 79.9. The van der Waals surface area contributed by atoms with Crippen LogP contribution in [0.5, 0.6) is 0 Å². The minimum Gasteiger partial charge on any atom is -0.231 e. The van der Waals surface area contributed by atoms with Crippen LogP contribution in [-0.2, 0) is 0 Å². The van der Waals surface area contributed by atoms with Crippen LogP contribution in [0.2, 0.25) is 0 Å². The molecule has 152 valence electrons. The van der Waals surface area contributed by atoms with Crippen LogP contribution in [0.25, 0.3) is 49.9 Å². The van der Waals surface area contributed by atoms with Crippen molar-refractivity contribution in [3.8, 4) is 33.6 Å². The van der Waals surface area contributed by atoms with Crippen LogP contribution in [0, 0.1) is 0 Å². The molecule has 4 aromatic carbocycles. The van der Waals surface area contributed by atoms with Gasteiger partial charge >= 0.3 is 0 Å². The zero-order valence-electron chi connectivity index (χ0n) is 17.2. The topological polar surface area (TPSA) is 17.3 Å². The number of fused-ring (bicyclic) bond motifs is 3. The predicted octanol–water partition coefficient (Wildman–Crippen LogP) is 8.25. The summed E-state index contributed by atoms with van der Waals surface area (Å²) in [6.07, 6.45) is 0. The van der Waals surface area contributed by atoms with E-state index in [1.807, 2.05) is 6.07 Å². The van der Waals surface area contributed by atoms with Crippen LogP contribution in [0.1, 0.15) is 0 Å². The first-order valence-corrected chi connectivity index (χ1v) is 11.4. The van der Waals surface area contributed by atoms with Crippen molar-refractivity contribution >= 4 is 32.2 Å². The molecule has 0 unspecified atom stereocenters. The van der Waals surface area contributed by atoms with E-state index in [2.05, 4.69) is 130 Å². The lowest BCUT2D eigenvalue weighted by atomic mass is 9.97. The van der Waals surface area contributed by atoms with Gasteiger partial charge in [0.05, 0.1) is 11.2 Å². The molecule has 0 bridgehead atoms. The predicted molar refractivity (Wildman–Crippen MR) is 137 cm³/mol. The number of rotatable bonds is 3. The van der Waals surface area contributed by atoms with E-state index in [0.29, 0.717) is 0 Å². The van der Waals surface area contributed by atoms with Crippen molar-refractivity contribution in [1.82, 2.24) is 9.61 Å². The molecule has 0 saturated carbocycles. The number of aromatic nitrogens is 2.